The Bertz CT molecular complexity index is 471. The van der Waals surface area contributed by atoms with E-state index in [1.54, 1.807) is 0 Å². The number of para-hydroxylation sites is 1. The highest BCUT2D eigenvalue weighted by atomic mass is 16.5. The van der Waals surface area contributed by atoms with E-state index in [0.717, 1.165) is 37.0 Å². The summed E-state index contributed by atoms with van der Waals surface area (Å²) in [7, 11) is 0. The van der Waals surface area contributed by atoms with Crippen LogP contribution in [-0.2, 0) is 6.54 Å². The molecule has 0 heterocycles. The first-order valence-corrected chi connectivity index (χ1v) is 8.08. The van der Waals surface area contributed by atoms with Crippen molar-refractivity contribution in [3.63, 3.8) is 0 Å². The van der Waals surface area contributed by atoms with E-state index in [9.17, 15) is 4.79 Å². The van der Waals surface area contributed by atoms with Gasteiger partial charge in [-0.05, 0) is 44.6 Å². The van der Waals surface area contributed by atoms with Gasteiger partial charge in [-0.25, -0.2) is 4.79 Å². The Kier molecular flexibility index (Phi) is 6.52. The average Bonchev–Trinajstić information content (AvgIpc) is 2.55. The van der Waals surface area contributed by atoms with Crippen molar-refractivity contribution in [2.45, 2.75) is 45.2 Å². The van der Waals surface area contributed by atoms with Gasteiger partial charge >= 0.3 is 6.03 Å². The maximum Gasteiger partial charge on any atom is 0.315 e. The molecule has 0 aromatic heterocycles. The minimum absolute atomic E-state index is 0.140. The highest BCUT2D eigenvalue weighted by Crippen LogP contribution is 2.23. The number of rotatable bonds is 6. The number of aliphatic hydroxyl groups is 1. The fraction of sp³-hybridized carbons (Fsp3) is 0.588. The Hall–Kier alpha value is -1.75. The number of carbonyl (C=O) groups is 1. The van der Waals surface area contributed by atoms with Crippen LogP contribution in [0.3, 0.4) is 0 Å². The maximum absolute atomic E-state index is 12.0. The maximum atomic E-state index is 12.0. The van der Waals surface area contributed by atoms with Gasteiger partial charge in [0.1, 0.15) is 5.75 Å². The van der Waals surface area contributed by atoms with Crippen molar-refractivity contribution in [1.82, 2.24) is 10.6 Å². The van der Waals surface area contributed by atoms with E-state index >= 15 is 0 Å². The Labute approximate surface area is 132 Å². The lowest BCUT2D eigenvalue weighted by Gasteiger charge is -2.28. The SMILES string of the molecule is CCOc1ccccc1CNC(=O)NC1CCC(CO)CC1. The van der Waals surface area contributed by atoms with Crippen LogP contribution in [0, 0.1) is 5.92 Å². The molecule has 2 rings (SSSR count). The van der Waals surface area contributed by atoms with Crippen LogP contribution in [0.5, 0.6) is 5.75 Å². The highest BCUT2D eigenvalue weighted by molar-refractivity contribution is 5.74. The lowest BCUT2D eigenvalue weighted by atomic mass is 9.87. The number of ether oxygens (including phenoxy) is 1. The van der Waals surface area contributed by atoms with Crippen LogP contribution < -0.4 is 15.4 Å². The Morgan fingerprint density at radius 2 is 2.00 bits per heavy atom. The van der Waals surface area contributed by atoms with Gasteiger partial charge in [0.15, 0.2) is 0 Å². The molecule has 122 valence electrons. The van der Waals surface area contributed by atoms with Crippen molar-refractivity contribution < 1.29 is 14.6 Å². The lowest BCUT2D eigenvalue weighted by Crippen LogP contribution is -2.43. The number of nitrogens with one attached hydrogen (secondary N) is 2. The van der Waals surface area contributed by atoms with Crippen LogP contribution in [0.2, 0.25) is 0 Å². The summed E-state index contributed by atoms with van der Waals surface area (Å²) in [5.41, 5.74) is 0.975. The number of urea groups is 1. The number of benzene rings is 1. The van der Waals surface area contributed by atoms with Gasteiger partial charge in [-0.2, -0.15) is 0 Å². The van der Waals surface area contributed by atoms with Crippen molar-refractivity contribution in [3.05, 3.63) is 29.8 Å². The third-order valence-corrected chi connectivity index (χ3v) is 4.15. The molecule has 0 atom stereocenters. The second-order valence-electron chi connectivity index (χ2n) is 5.77. The predicted octanol–water partition coefficient (Wildman–Crippen LogP) is 2.44. The van der Waals surface area contributed by atoms with Crippen molar-refractivity contribution in [2.75, 3.05) is 13.2 Å². The summed E-state index contributed by atoms with van der Waals surface area (Å²) in [4.78, 5) is 12.0. The van der Waals surface area contributed by atoms with Crippen LogP contribution in [-0.4, -0.2) is 30.4 Å². The summed E-state index contributed by atoms with van der Waals surface area (Å²) >= 11 is 0. The van der Waals surface area contributed by atoms with E-state index in [4.69, 9.17) is 9.84 Å². The van der Waals surface area contributed by atoms with Gasteiger partial charge < -0.3 is 20.5 Å². The summed E-state index contributed by atoms with van der Waals surface area (Å²) in [5.74, 6) is 1.22. The normalized spacial score (nSPS) is 21.2. The summed E-state index contributed by atoms with van der Waals surface area (Å²) in [5, 5.41) is 15.0. The third kappa shape index (κ3) is 4.91. The third-order valence-electron chi connectivity index (χ3n) is 4.15. The van der Waals surface area contributed by atoms with Crippen molar-refractivity contribution in [2.24, 2.45) is 5.92 Å². The Balaban J connectivity index is 1.76. The van der Waals surface area contributed by atoms with E-state index in [1.165, 1.54) is 0 Å². The molecule has 5 nitrogen and oxygen atoms in total. The summed E-state index contributed by atoms with van der Waals surface area (Å²) in [6.07, 6.45) is 3.84. The van der Waals surface area contributed by atoms with Crippen molar-refractivity contribution >= 4 is 6.03 Å². The van der Waals surface area contributed by atoms with Crippen LogP contribution in [0.4, 0.5) is 4.79 Å². The number of hydrogen-bond acceptors (Lipinski definition) is 3. The van der Waals surface area contributed by atoms with Gasteiger partial charge in [0, 0.05) is 24.8 Å². The fourth-order valence-corrected chi connectivity index (χ4v) is 2.85. The van der Waals surface area contributed by atoms with E-state index in [1.807, 2.05) is 31.2 Å². The minimum Gasteiger partial charge on any atom is -0.494 e. The molecular weight excluding hydrogens is 280 g/mol. The molecule has 1 aromatic rings. The minimum atomic E-state index is -0.140. The van der Waals surface area contributed by atoms with E-state index < -0.39 is 0 Å². The van der Waals surface area contributed by atoms with Gasteiger partial charge in [-0.3, -0.25) is 0 Å². The zero-order chi connectivity index (χ0) is 15.8. The van der Waals surface area contributed by atoms with E-state index in [2.05, 4.69) is 10.6 Å². The summed E-state index contributed by atoms with van der Waals surface area (Å²) in [6, 6.07) is 7.80. The molecule has 0 spiro atoms. The zero-order valence-electron chi connectivity index (χ0n) is 13.2. The molecule has 1 fully saturated rings. The molecular formula is C17H26N2O3. The Morgan fingerprint density at radius 3 is 2.68 bits per heavy atom. The summed E-state index contributed by atoms with van der Waals surface area (Å²) < 4.78 is 5.55. The van der Waals surface area contributed by atoms with Crippen LogP contribution >= 0.6 is 0 Å². The predicted molar refractivity (Wildman–Crippen MR) is 85.8 cm³/mol. The molecule has 0 unspecified atom stereocenters. The van der Waals surface area contributed by atoms with Crippen molar-refractivity contribution in [1.29, 1.82) is 0 Å². The molecule has 0 radical (unpaired) electrons. The van der Waals surface area contributed by atoms with E-state index in [0.29, 0.717) is 19.1 Å². The second kappa shape index (κ2) is 8.63. The standard InChI is InChI=1S/C17H26N2O3/c1-2-22-16-6-4-3-5-14(16)11-18-17(21)19-15-9-7-13(12-20)8-10-15/h3-6,13,15,20H,2,7-12H2,1H3,(H2,18,19,21). The van der Waals surface area contributed by atoms with E-state index in [-0.39, 0.29) is 18.7 Å². The lowest BCUT2D eigenvalue weighted by molar-refractivity contribution is 0.174. The molecule has 5 heteroatoms. The average molecular weight is 306 g/mol. The van der Waals surface area contributed by atoms with Gasteiger partial charge in [-0.1, -0.05) is 18.2 Å². The van der Waals surface area contributed by atoms with Crippen LogP contribution in [0.25, 0.3) is 0 Å². The molecule has 2 amide bonds. The first-order valence-electron chi connectivity index (χ1n) is 8.08. The van der Waals surface area contributed by atoms with Crippen LogP contribution in [0.1, 0.15) is 38.2 Å². The molecule has 0 bridgehead atoms. The smallest absolute Gasteiger partial charge is 0.315 e. The van der Waals surface area contributed by atoms with Gasteiger partial charge in [0.25, 0.3) is 0 Å². The Morgan fingerprint density at radius 1 is 1.27 bits per heavy atom. The fourth-order valence-electron chi connectivity index (χ4n) is 2.85. The monoisotopic (exact) mass is 306 g/mol. The van der Waals surface area contributed by atoms with Gasteiger partial charge in [0.2, 0.25) is 0 Å². The molecule has 3 N–H and O–H groups in total. The van der Waals surface area contributed by atoms with Crippen LogP contribution in [0.15, 0.2) is 24.3 Å². The molecule has 1 aliphatic carbocycles. The summed E-state index contributed by atoms with van der Waals surface area (Å²) in [6.45, 7) is 3.26. The van der Waals surface area contributed by atoms with Gasteiger partial charge in [0.05, 0.1) is 6.61 Å². The zero-order valence-corrected chi connectivity index (χ0v) is 13.2. The molecule has 22 heavy (non-hydrogen) atoms. The van der Waals surface area contributed by atoms with Crippen molar-refractivity contribution in [3.8, 4) is 5.75 Å². The topological polar surface area (TPSA) is 70.6 Å². The molecule has 1 saturated carbocycles. The first kappa shape index (κ1) is 16.6. The first-order chi connectivity index (χ1) is 10.7. The second-order valence-corrected chi connectivity index (χ2v) is 5.77. The highest BCUT2D eigenvalue weighted by Gasteiger charge is 2.21. The largest absolute Gasteiger partial charge is 0.494 e. The quantitative estimate of drug-likeness (QED) is 0.756. The number of aliphatic hydroxyl groups excluding tert-OH is 1. The number of amides is 2. The molecule has 1 aromatic carbocycles. The number of carbonyl (C=O) groups excluding carboxylic acids is 1. The molecule has 0 aliphatic heterocycles. The number of hydrogen-bond donors (Lipinski definition) is 3. The molecule has 1 aliphatic rings. The molecule has 0 saturated heterocycles. The van der Waals surface area contributed by atoms with Gasteiger partial charge in [-0.15, -0.1) is 0 Å².